The minimum atomic E-state index is -0.798. The van der Waals surface area contributed by atoms with Crippen molar-refractivity contribution in [2.75, 3.05) is 5.73 Å². The molecule has 3 N–H and O–H groups in total. The van der Waals surface area contributed by atoms with E-state index in [9.17, 15) is 9.90 Å². The number of hydrogen-bond donors (Lipinski definition) is 2. The summed E-state index contributed by atoms with van der Waals surface area (Å²) in [6, 6.07) is 3.63. The molecule has 4 heteroatoms. The molecule has 106 valence electrons. The number of nitrogen functional groups attached to an aromatic ring is 1. The standard InChI is InChI=1S/C15H22ClNO2/c1-8-10(6-7-11(16)13(8)17)12(15(3,4)5)9(2)14(18)19/h6-7,9,12H,17H2,1-5H3,(H,18,19)/t9-,12?/m1/s1. The molecule has 2 atom stereocenters. The Balaban J connectivity index is 3.43. The zero-order chi connectivity index (χ0) is 15.0. The minimum Gasteiger partial charge on any atom is -0.481 e. The lowest BCUT2D eigenvalue weighted by Crippen LogP contribution is -2.30. The lowest BCUT2D eigenvalue weighted by atomic mass is 9.69. The van der Waals surface area contributed by atoms with Crippen LogP contribution in [-0.2, 0) is 4.79 Å². The topological polar surface area (TPSA) is 63.3 Å². The molecular weight excluding hydrogens is 262 g/mol. The van der Waals surface area contributed by atoms with Gasteiger partial charge in [-0.1, -0.05) is 45.4 Å². The second-order valence-corrected chi connectivity index (χ2v) is 6.55. The largest absolute Gasteiger partial charge is 0.481 e. The summed E-state index contributed by atoms with van der Waals surface area (Å²) in [4.78, 5) is 11.4. The molecule has 0 aliphatic heterocycles. The van der Waals surface area contributed by atoms with Gasteiger partial charge in [-0.25, -0.2) is 0 Å². The highest BCUT2D eigenvalue weighted by molar-refractivity contribution is 6.33. The fourth-order valence-electron chi connectivity index (χ4n) is 2.68. The second-order valence-electron chi connectivity index (χ2n) is 6.15. The van der Waals surface area contributed by atoms with Crippen molar-refractivity contribution in [1.82, 2.24) is 0 Å². The molecule has 1 aromatic carbocycles. The molecule has 3 nitrogen and oxygen atoms in total. The third-order valence-electron chi connectivity index (χ3n) is 3.66. The minimum absolute atomic E-state index is 0.121. The predicted octanol–water partition coefficient (Wildman–Crippen LogP) is 4.08. The molecule has 0 bridgehead atoms. The van der Waals surface area contributed by atoms with E-state index < -0.39 is 11.9 Å². The molecule has 0 saturated heterocycles. The van der Waals surface area contributed by atoms with Gasteiger partial charge in [0, 0.05) is 5.92 Å². The summed E-state index contributed by atoms with van der Waals surface area (Å²) < 4.78 is 0. The van der Waals surface area contributed by atoms with Crippen molar-refractivity contribution >= 4 is 23.3 Å². The fraction of sp³-hybridized carbons (Fsp3) is 0.533. The first-order chi connectivity index (χ1) is 8.57. The van der Waals surface area contributed by atoms with Crippen molar-refractivity contribution in [3.63, 3.8) is 0 Å². The summed E-state index contributed by atoms with van der Waals surface area (Å²) in [5, 5.41) is 9.85. The molecule has 0 saturated carbocycles. The Hall–Kier alpha value is -1.22. The molecule has 1 aromatic rings. The molecular formula is C15H22ClNO2. The number of carbonyl (C=O) groups is 1. The number of benzene rings is 1. The zero-order valence-corrected chi connectivity index (χ0v) is 12.9. The van der Waals surface area contributed by atoms with Crippen LogP contribution in [0.2, 0.25) is 5.02 Å². The van der Waals surface area contributed by atoms with Gasteiger partial charge in [0.05, 0.1) is 16.6 Å². The van der Waals surface area contributed by atoms with E-state index in [1.165, 1.54) is 0 Å². The Morgan fingerprint density at radius 1 is 1.37 bits per heavy atom. The maximum atomic E-state index is 11.4. The van der Waals surface area contributed by atoms with Crippen LogP contribution >= 0.6 is 11.6 Å². The maximum Gasteiger partial charge on any atom is 0.306 e. The first-order valence-corrected chi connectivity index (χ1v) is 6.72. The van der Waals surface area contributed by atoms with Crippen molar-refractivity contribution in [1.29, 1.82) is 0 Å². The van der Waals surface area contributed by atoms with Crippen molar-refractivity contribution < 1.29 is 9.90 Å². The summed E-state index contributed by atoms with van der Waals surface area (Å²) in [5.41, 5.74) is 8.15. The predicted molar refractivity (Wildman–Crippen MR) is 79.6 cm³/mol. The number of aliphatic carboxylic acids is 1. The van der Waals surface area contributed by atoms with Gasteiger partial charge < -0.3 is 10.8 Å². The summed E-state index contributed by atoms with van der Waals surface area (Å²) in [6.45, 7) is 9.76. The molecule has 0 fully saturated rings. The van der Waals surface area contributed by atoms with Crippen molar-refractivity contribution in [3.05, 3.63) is 28.3 Å². The van der Waals surface area contributed by atoms with E-state index >= 15 is 0 Å². The number of nitrogens with two attached hydrogens (primary N) is 1. The molecule has 0 spiro atoms. The maximum absolute atomic E-state index is 11.4. The Kier molecular flexibility index (Phi) is 4.51. The van der Waals surface area contributed by atoms with Crippen LogP contribution in [0.1, 0.15) is 44.7 Å². The van der Waals surface area contributed by atoms with Gasteiger partial charge in [0.2, 0.25) is 0 Å². The van der Waals surface area contributed by atoms with Crippen LogP contribution in [-0.4, -0.2) is 11.1 Å². The summed E-state index contributed by atoms with van der Waals surface area (Å²) in [6.07, 6.45) is 0. The van der Waals surface area contributed by atoms with E-state index in [2.05, 4.69) is 0 Å². The highest BCUT2D eigenvalue weighted by atomic mass is 35.5. The first kappa shape index (κ1) is 15.8. The second kappa shape index (κ2) is 5.41. The Morgan fingerprint density at radius 3 is 2.32 bits per heavy atom. The molecule has 0 aromatic heterocycles. The van der Waals surface area contributed by atoms with Gasteiger partial charge >= 0.3 is 5.97 Å². The number of anilines is 1. The van der Waals surface area contributed by atoms with Gasteiger partial charge in [-0.05, 0) is 29.5 Å². The number of hydrogen-bond acceptors (Lipinski definition) is 2. The molecule has 0 aliphatic carbocycles. The lowest BCUT2D eigenvalue weighted by Gasteiger charge is -2.35. The molecule has 0 amide bonds. The monoisotopic (exact) mass is 283 g/mol. The van der Waals surface area contributed by atoms with Crippen LogP contribution in [0.15, 0.2) is 12.1 Å². The smallest absolute Gasteiger partial charge is 0.306 e. The quantitative estimate of drug-likeness (QED) is 0.822. The number of halogens is 1. The third kappa shape index (κ3) is 3.21. The van der Waals surface area contributed by atoms with Crippen LogP contribution in [0, 0.1) is 18.3 Å². The normalized spacial score (nSPS) is 15.1. The third-order valence-corrected chi connectivity index (χ3v) is 3.99. The molecule has 0 aliphatic rings. The van der Waals surface area contributed by atoms with Crippen molar-refractivity contribution in [2.24, 2.45) is 11.3 Å². The Morgan fingerprint density at radius 2 is 1.89 bits per heavy atom. The summed E-state index contributed by atoms with van der Waals surface area (Å²) >= 11 is 6.01. The van der Waals surface area contributed by atoms with Crippen LogP contribution in [0.25, 0.3) is 0 Å². The van der Waals surface area contributed by atoms with Gasteiger partial charge in [-0.3, -0.25) is 4.79 Å². The molecule has 1 rings (SSSR count). The molecule has 0 radical (unpaired) electrons. The van der Waals surface area contributed by atoms with Gasteiger partial charge in [0.1, 0.15) is 0 Å². The highest BCUT2D eigenvalue weighted by Gasteiger charge is 2.36. The molecule has 19 heavy (non-hydrogen) atoms. The summed E-state index contributed by atoms with van der Waals surface area (Å²) in [5.74, 6) is -1.41. The van der Waals surface area contributed by atoms with Gasteiger partial charge in [0.25, 0.3) is 0 Å². The van der Waals surface area contributed by atoms with E-state index in [4.69, 9.17) is 17.3 Å². The van der Waals surface area contributed by atoms with E-state index in [-0.39, 0.29) is 11.3 Å². The summed E-state index contributed by atoms with van der Waals surface area (Å²) in [7, 11) is 0. The van der Waals surface area contributed by atoms with Crippen LogP contribution in [0.4, 0.5) is 5.69 Å². The van der Waals surface area contributed by atoms with Crippen LogP contribution in [0.5, 0.6) is 0 Å². The van der Waals surface area contributed by atoms with Gasteiger partial charge in [-0.15, -0.1) is 0 Å². The zero-order valence-electron chi connectivity index (χ0n) is 12.1. The Labute approximate surface area is 119 Å². The van der Waals surface area contributed by atoms with E-state index in [1.54, 1.807) is 13.0 Å². The number of carboxylic acid groups (broad SMARTS) is 1. The van der Waals surface area contributed by atoms with E-state index in [1.807, 2.05) is 33.8 Å². The van der Waals surface area contributed by atoms with Gasteiger partial charge in [0.15, 0.2) is 0 Å². The van der Waals surface area contributed by atoms with Gasteiger partial charge in [-0.2, -0.15) is 0 Å². The fourth-order valence-corrected chi connectivity index (χ4v) is 2.88. The molecule has 1 unspecified atom stereocenters. The lowest BCUT2D eigenvalue weighted by molar-refractivity contribution is -0.143. The Bertz CT molecular complexity index is 492. The van der Waals surface area contributed by atoms with E-state index in [0.29, 0.717) is 10.7 Å². The van der Waals surface area contributed by atoms with Crippen molar-refractivity contribution in [2.45, 2.75) is 40.5 Å². The van der Waals surface area contributed by atoms with Crippen molar-refractivity contribution in [3.8, 4) is 0 Å². The average molecular weight is 284 g/mol. The van der Waals surface area contributed by atoms with Crippen LogP contribution in [0.3, 0.4) is 0 Å². The number of rotatable bonds is 3. The molecule has 0 heterocycles. The number of carboxylic acids is 1. The van der Waals surface area contributed by atoms with Crippen LogP contribution < -0.4 is 5.73 Å². The SMILES string of the molecule is Cc1c(C([C@@H](C)C(=O)O)C(C)(C)C)ccc(Cl)c1N. The highest BCUT2D eigenvalue weighted by Crippen LogP contribution is 2.44. The average Bonchev–Trinajstić information content (AvgIpc) is 2.27. The first-order valence-electron chi connectivity index (χ1n) is 6.34. The van der Waals surface area contributed by atoms with E-state index in [0.717, 1.165) is 11.1 Å².